The molecule has 76 valence electrons. The summed E-state index contributed by atoms with van der Waals surface area (Å²) in [6.07, 6.45) is 5.90. The van der Waals surface area contributed by atoms with Gasteiger partial charge in [-0.15, -0.1) is 0 Å². The molecule has 0 saturated carbocycles. The lowest BCUT2D eigenvalue weighted by molar-refractivity contribution is 0.387. The van der Waals surface area contributed by atoms with Crippen LogP contribution < -0.4 is 4.74 Å². The first kappa shape index (κ1) is 9.50. The van der Waals surface area contributed by atoms with Crippen LogP contribution in [-0.2, 0) is 19.3 Å². The molecule has 2 rings (SSSR count). The highest BCUT2D eigenvalue weighted by Crippen LogP contribution is 2.28. The van der Waals surface area contributed by atoms with Crippen molar-refractivity contribution in [1.29, 1.82) is 0 Å². The van der Waals surface area contributed by atoms with Crippen LogP contribution in [0.25, 0.3) is 0 Å². The minimum Gasteiger partial charge on any atom is -0.481 e. The number of fused-ring (bicyclic) bond motifs is 1. The molecule has 0 aliphatic heterocycles. The molecule has 2 heteroatoms. The Bertz CT molecular complexity index is 316. The highest BCUT2D eigenvalue weighted by atomic mass is 16.5. The molecule has 0 aromatic carbocycles. The lowest BCUT2D eigenvalue weighted by atomic mass is 9.92. The van der Waals surface area contributed by atoms with E-state index in [1.54, 1.807) is 7.11 Å². The smallest absolute Gasteiger partial charge is 0.216 e. The van der Waals surface area contributed by atoms with E-state index in [1.807, 2.05) is 0 Å². The first-order valence-electron chi connectivity index (χ1n) is 5.40. The monoisotopic (exact) mass is 191 g/mol. The summed E-state index contributed by atoms with van der Waals surface area (Å²) in [5.41, 5.74) is 3.96. The van der Waals surface area contributed by atoms with Gasteiger partial charge in [0.2, 0.25) is 5.88 Å². The molecule has 1 aromatic heterocycles. The molecule has 0 N–H and O–H groups in total. The molecule has 0 atom stereocenters. The average molecular weight is 191 g/mol. The van der Waals surface area contributed by atoms with Gasteiger partial charge in [0.1, 0.15) is 0 Å². The summed E-state index contributed by atoms with van der Waals surface area (Å²) in [7, 11) is 1.72. The first-order valence-corrected chi connectivity index (χ1v) is 5.40. The summed E-state index contributed by atoms with van der Waals surface area (Å²) in [4.78, 5) is 4.50. The van der Waals surface area contributed by atoms with Crippen molar-refractivity contribution in [3.63, 3.8) is 0 Å². The van der Waals surface area contributed by atoms with E-state index in [-0.39, 0.29) is 0 Å². The van der Waals surface area contributed by atoms with Gasteiger partial charge >= 0.3 is 0 Å². The van der Waals surface area contributed by atoms with E-state index in [0.717, 1.165) is 24.4 Å². The van der Waals surface area contributed by atoms with Gasteiger partial charge in [0, 0.05) is 11.3 Å². The summed E-state index contributed by atoms with van der Waals surface area (Å²) in [5.74, 6) is 0.860. The third-order valence-corrected chi connectivity index (χ3v) is 2.91. The van der Waals surface area contributed by atoms with Crippen LogP contribution >= 0.6 is 0 Å². The molecule has 14 heavy (non-hydrogen) atoms. The van der Waals surface area contributed by atoms with E-state index in [0.29, 0.717) is 0 Å². The van der Waals surface area contributed by atoms with Crippen LogP contribution in [-0.4, -0.2) is 12.1 Å². The molecule has 0 fully saturated rings. The second kappa shape index (κ2) is 3.99. The lowest BCUT2D eigenvalue weighted by Gasteiger charge is -2.18. The number of rotatable bonds is 2. The normalized spacial score (nSPS) is 15.0. The van der Waals surface area contributed by atoms with Crippen molar-refractivity contribution in [2.45, 2.75) is 39.0 Å². The Balaban J connectivity index is 2.47. The summed E-state index contributed by atoms with van der Waals surface area (Å²) in [5, 5.41) is 0. The second-order valence-electron chi connectivity index (χ2n) is 3.82. The minimum absolute atomic E-state index is 0.860. The van der Waals surface area contributed by atoms with Gasteiger partial charge in [-0.05, 0) is 43.7 Å². The van der Waals surface area contributed by atoms with Gasteiger partial charge in [-0.3, -0.25) is 0 Å². The number of methoxy groups -OCH3 is 1. The lowest BCUT2D eigenvalue weighted by Crippen LogP contribution is -2.08. The molecule has 1 aromatic rings. The van der Waals surface area contributed by atoms with Crippen molar-refractivity contribution < 1.29 is 4.74 Å². The molecule has 0 amide bonds. The van der Waals surface area contributed by atoms with Crippen LogP contribution in [0.2, 0.25) is 0 Å². The van der Waals surface area contributed by atoms with Gasteiger partial charge < -0.3 is 4.74 Å². The van der Waals surface area contributed by atoms with Crippen molar-refractivity contribution in [3.05, 3.63) is 22.9 Å². The quantitative estimate of drug-likeness (QED) is 0.716. The fraction of sp³-hybridized carbons (Fsp3) is 0.583. The molecule has 1 aliphatic rings. The van der Waals surface area contributed by atoms with Gasteiger partial charge in [-0.1, -0.05) is 6.92 Å². The van der Waals surface area contributed by atoms with E-state index in [9.17, 15) is 0 Å². The van der Waals surface area contributed by atoms with Crippen LogP contribution in [0.4, 0.5) is 0 Å². The number of ether oxygens (including phenoxy) is 1. The van der Waals surface area contributed by atoms with Crippen molar-refractivity contribution in [1.82, 2.24) is 4.98 Å². The van der Waals surface area contributed by atoms with Crippen molar-refractivity contribution in [2.75, 3.05) is 7.11 Å². The third-order valence-electron chi connectivity index (χ3n) is 2.91. The Morgan fingerprint density at radius 1 is 1.36 bits per heavy atom. The molecule has 2 nitrogen and oxygen atoms in total. The molecular formula is C12H17NO. The zero-order chi connectivity index (χ0) is 9.97. The Morgan fingerprint density at radius 2 is 2.14 bits per heavy atom. The molecule has 0 bridgehead atoms. The van der Waals surface area contributed by atoms with E-state index in [2.05, 4.69) is 18.0 Å². The highest BCUT2D eigenvalue weighted by Gasteiger charge is 2.15. The Morgan fingerprint density at radius 3 is 2.86 bits per heavy atom. The predicted octanol–water partition coefficient (Wildman–Crippen LogP) is 2.53. The van der Waals surface area contributed by atoms with E-state index in [1.165, 1.54) is 30.4 Å². The number of nitrogens with zero attached hydrogens (tertiary/aromatic N) is 1. The van der Waals surface area contributed by atoms with Gasteiger partial charge in [-0.25, -0.2) is 4.98 Å². The number of hydrogen-bond acceptors (Lipinski definition) is 2. The maximum Gasteiger partial charge on any atom is 0.216 e. The van der Waals surface area contributed by atoms with Crippen LogP contribution in [0.15, 0.2) is 6.07 Å². The zero-order valence-corrected chi connectivity index (χ0v) is 8.97. The Kier molecular flexibility index (Phi) is 2.71. The van der Waals surface area contributed by atoms with Gasteiger partial charge in [0.05, 0.1) is 7.11 Å². The molecular weight excluding hydrogens is 174 g/mol. The van der Waals surface area contributed by atoms with E-state index < -0.39 is 0 Å². The van der Waals surface area contributed by atoms with Crippen molar-refractivity contribution >= 4 is 0 Å². The number of aromatic nitrogens is 1. The van der Waals surface area contributed by atoms with Crippen molar-refractivity contribution in [2.24, 2.45) is 0 Å². The van der Waals surface area contributed by atoms with E-state index in [4.69, 9.17) is 4.74 Å². The molecule has 1 heterocycles. The average Bonchev–Trinajstić information content (AvgIpc) is 2.27. The van der Waals surface area contributed by atoms with Crippen molar-refractivity contribution in [3.8, 4) is 5.88 Å². The molecule has 0 spiro atoms. The molecule has 0 radical (unpaired) electrons. The van der Waals surface area contributed by atoms with Gasteiger partial charge in [-0.2, -0.15) is 0 Å². The van der Waals surface area contributed by atoms with Crippen LogP contribution in [0.5, 0.6) is 5.88 Å². The third kappa shape index (κ3) is 1.61. The van der Waals surface area contributed by atoms with Gasteiger partial charge in [0.15, 0.2) is 0 Å². The standard InChI is InChI=1S/C12H17NO/c1-3-10-8-9-6-4-5-7-11(9)12(13-10)14-2/h8H,3-7H2,1-2H3. The summed E-state index contributed by atoms with van der Waals surface area (Å²) < 4.78 is 5.34. The van der Waals surface area contributed by atoms with Crippen LogP contribution in [0.1, 0.15) is 36.6 Å². The fourth-order valence-corrected chi connectivity index (χ4v) is 2.11. The fourth-order valence-electron chi connectivity index (χ4n) is 2.11. The maximum absolute atomic E-state index is 5.34. The Hall–Kier alpha value is -1.05. The SMILES string of the molecule is CCc1cc2c(c(OC)n1)CCCC2. The number of hydrogen-bond donors (Lipinski definition) is 0. The first-order chi connectivity index (χ1) is 6.85. The Labute approximate surface area is 85.3 Å². The molecule has 0 saturated heterocycles. The predicted molar refractivity (Wildman–Crippen MR) is 56.8 cm³/mol. The summed E-state index contributed by atoms with van der Waals surface area (Å²) in [6.45, 7) is 2.14. The zero-order valence-electron chi connectivity index (χ0n) is 8.97. The highest BCUT2D eigenvalue weighted by molar-refractivity contribution is 5.38. The minimum atomic E-state index is 0.860. The number of aryl methyl sites for hydroxylation is 2. The summed E-state index contributed by atoms with van der Waals surface area (Å²) >= 11 is 0. The van der Waals surface area contributed by atoms with E-state index >= 15 is 0 Å². The second-order valence-corrected chi connectivity index (χ2v) is 3.82. The van der Waals surface area contributed by atoms with Gasteiger partial charge in [0.25, 0.3) is 0 Å². The maximum atomic E-state index is 5.34. The molecule has 1 aliphatic carbocycles. The molecule has 0 unspecified atom stereocenters. The largest absolute Gasteiger partial charge is 0.481 e. The number of pyridine rings is 1. The topological polar surface area (TPSA) is 22.1 Å². The van der Waals surface area contributed by atoms with Crippen LogP contribution in [0, 0.1) is 0 Å². The summed E-state index contributed by atoms with van der Waals surface area (Å²) in [6, 6.07) is 2.25. The van der Waals surface area contributed by atoms with Crippen LogP contribution in [0.3, 0.4) is 0 Å².